The zero-order chi connectivity index (χ0) is 13.8. The van der Waals surface area contributed by atoms with E-state index in [1.54, 1.807) is 0 Å². The van der Waals surface area contributed by atoms with Gasteiger partial charge in [-0.15, -0.1) is 24.0 Å². The number of nitrogens with zero attached hydrogens (tertiary/aromatic N) is 4. The summed E-state index contributed by atoms with van der Waals surface area (Å²) in [5.74, 6) is 1.06. The molecule has 21 heavy (non-hydrogen) atoms. The van der Waals surface area contributed by atoms with E-state index >= 15 is 0 Å². The van der Waals surface area contributed by atoms with E-state index in [2.05, 4.69) is 20.3 Å². The summed E-state index contributed by atoms with van der Waals surface area (Å²) in [5.41, 5.74) is 0.597. The molecule has 2 aliphatic rings. The van der Waals surface area contributed by atoms with Gasteiger partial charge < -0.3 is 10.2 Å². The molecule has 1 spiro atoms. The van der Waals surface area contributed by atoms with Crippen LogP contribution in [0.15, 0.2) is 23.5 Å². The van der Waals surface area contributed by atoms with Crippen molar-refractivity contribution in [3.63, 3.8) is 0 Å². The van der Waals surface area contributed by atoms with E-state index in [0.717, 1.165) is 25.6 Å². The highest BCUT2D eigenvalue weighted by Gasteiger charge is 2.40. The maximum absolute atomic E-state index is 4.45. The molecule has 1 N–H and O–H groups in total. The van der Waals surface area contributed by atoms with Crippen molar-refractivity contribution in [3.05, 3.63) is 18.5 Å². The normalized spacial score (nSPS) is 20.8. The third kappa shape index (κ3) is 3.90. The predicted octanol–water partition coefficient (Wildman–Crippen LogP) is 2.34. The molecule has 1 aromatic heterocycles. The molecule has 6 heteroatoms. The van der Waals surface area contributed by atoms with Gasteiger partial charge in [-0.2, -0.15) is 5.10 Å². The van der Waals surface area contributed by atoms with Crippen LogP contribution in [0, 0.1) is 5.41 Å². The Morgan fingerprint density at radius 2 is 2.14 bits per heavy atom. The molecule has 0 bridgehead atoms. The Kier molecular flexibility index (Phi) is 5.89. The van der Waals surface area contributed by atoms with Crippen molar-refractivity contribution >= 4 is 29.9 Å². The number of aromatic nitrogens is 2. The van der Waals surface area contributed by atoms with Gasteiger partial charge in [-0.25, -0.2) is 0 Å². The highest BCUT2D eigenvalue weighted by Crippen LogP contribution is 2.45. The molecule has 0 aromatic carbocycles. The van der Waals surface area contributed by atoms with Gasteiger partial charge in [0, 0.05) is 39.1 Å². The quantitative estimate of drug-likeness (QED) is 0.479. The molecule has 1 aliphatic heterocycles. The summed E-state index contributed by atoms with van der Waals surface area (Å²) in [4.78, 5) is 6.88. The fourth-order valence-electron chi connectivity index (χ4n) is 3.70. The molecule has 2 heterocycles. The SMILES string of the molecule is CN=C(NCCn1cccn1)N1CCC2(CCCC2)C1.I. The molecule has 1 saturated carbocycles. The second-order valence-corrected chi connectivity index (χ2v) is 6.12. The van der Waals surface area contributed by atoms with E-state index in [-0.39, 0.29) is 24.0 Å². The number of halogens is 1. The zero-order valence-electron chi connectivity index (χ0n) is 12.8. The molecule has 118 valence electrons. The summed E-state index contributed by atoms with van der Waals surface area (Å²) in [5, 5.41) is 7.69. The van der Waals surface area contributed by atoms with Crippen LogP contribution in [0.5, 0.6) is 0 Å². The number of guanidine groups is 1. The van der Waals surface area contributed by atoms with Crippen molar-refractivity contribution in [2.45, 2.75) is 38.6 Å². The average Bonchev–Trinajstić information content (AvgIpc) is 3.19. The number of hydrogen-bond acceptors (Lipinski definition) is 2. The number of aliphatic imine (C=N–C) groups is 1. The molecule has 0 radical (unpaired) electrons. The smallest absolute Gasteiger partial charge is 0.193 e. The van der Waals surface area contributed by atoms with Crippen LogP contribution in [0.2, 0.25) is 0 Å². The summed E-state index contributed by atoms with van der Waals surface area (Å²) < 4.78 is 1.95. The lowest BCUT2D eigenvalue weighted by Crippen LogP contribution is -2.42. The lowest BCUT2D eigenvalue weighted by Gasteiger charge is -2.25. The van der Waals surface area contributed by atoms with Gasteiger partial charge in [-0.1, -0.05) is 12.8 Å². The molecule has 0 amide bonds. The van der Waals surface area contributed by atoms with E-state index in [9.17, 15) is 0 Å². The Bertz CT molecular complexity index is 451. The lowest BCUT2D eigenvalue weighted by molar-refractivity contribution is 0.309. The Morgan fingerprint density at radius 3 is 2.81 bits per heavy atom. The van der Waals surface area contributed by atoms with Gasteiger partial charge in [-0.3, -0.25) is 9.67 Å². The monoisotopic (exact) mass is 403 g/mol. The van der Waals surface area contributed by atoms with Crippen LogP contribution in [0.1, 0.15) is 32.1 Å². The summed E-state index contributed by atoms with van der Waals surface area (Å²) in [6.07, 6.45) is 10.8. The van der Waals surface area contributed by atoms with Crippen LogP contribution in [0.25, 0.3) is 0 Å². The average molecular weight is 403 g/mol. The molecule has 0 atom stereocenters. The zero-order valence-corrected chi connectivity index (χ0v) is 15.1. The molecule has 0 unspecified atom stereocenters. The minimum absolute atomic E-state index is 0. The first-order valence-electron chi connectivity index (χ1n) is 7.74. The Balaban J connectivity index is 0.00000161. The van der Waals surface area contributed by atoms with E-state index in [1.807, 2.05) is 30.2 Å². The Morgan fingerprint density at radius 1 is 1.33 bits per heavy atom. The van der Waals surface area contributed by atoms with Gasteiger partial charge in [0.2, 0.25) is 0 Å². The third-order valence-electron chi connectivity index (χ3n) is 4.80. The van der Waals surface area contributed by atoms with E-state index in [4.69, 9.17) is 0 Å². The maximum atomic E-state index is 4.45. The predicted molar refractivity (Wildman–Crippen MR) is 96.1 cm³/mol. The van der Waals surface area contributed by atoms with Gasteiger partial charge in [0.1, 0.15) is 0 Å². The van der Waals surface area contributed by atoms with Crippen molar-refractivity contribution in [1.29, 1.82) is 0 Å². The highest BCUT2D eigenvalue weighted by atomic mass is 127. The molecular weight excluding hydrogens is 377 g/mol. The topological polar surface area (TPSA) is 45.5 Å². The first-order chi connectivity index (χ1) is 9.81. The summed E-state index contributed by atoms with van der Waals surface area (Å²) in [6, 6.07) is 1.96. The highest BCUT2D eigenvalue weighted by molar-refractivity contribution is 14.0. The molecule has 3 rings (SSSR count). The van der Waals surface area contributed by atoms with E-state index in [0.29, 0.717) is 5.41 Å². The molecule has 2 fully saturated rings. The van der Waals surface area contributed by atoms with Crippen LogP contribution >= 0.6 is 24.0 Å². The van der Waals surface area contributed by atoms with Crippen LogP contribution in [0.4, 0.5) is 0 Å². The van der Waals surface area contributed by atoms with E-state index < -0.39 is 0 Å². The Labute approximate surface area is 144 Å². The standard InChI is InChI=1S/C15H25N5.HI/c1-16-14(17-9-12-20-10-4-8-18-20)19-11-7-15(13-19)5-2-3-6-15;/h4,8,10H,2-3,5-7,9,11-13H2,1H3,(H,16,17);1H. The van der Waals surface area contributed by atoms with Crippen molar-refractivity contribution in [2.75, 3.05) is 26.7 Å². The van der Waals surface area contributed by atoms with Crippen LogP contribution < -0.4 is 5.32 Å². The third-order valence-corrected chi connectivity index (χ3v) is 4.80. The van der Waals surface area contributed by atoms with Crippen molar-refractivity contribution in [3.8, 4) is 0 Å². The molecular formula is C15H26IN5. The van der Waals surface area contributed by atoms with Crippen molar-refractivity contribution in [2.24, 2.45) is 10.4 Å². The fraction of sp³-hybridized carbons (Fsp3) is 0.733. The summed E-state index contributed by atoms with van der Waals surface area (Å²) in [7, 11) is 1.88. The number of likely N-dealkylation sites (tertiary alicyclic amines) is 1. The van der Waals surface area contributed by atoms with Crippen molar-refractivity contribution < 1.29 is 0 Å². The van der Waals surface area contributed by atoms with Gasteiger partial charge in [0.05, 0.1) is 6.54 Å². The van der Waals surface area contributed by atoms with E-state index in [1.165, 1.54) is 38.6 Å². The first kappa shape index (κ1) is 16.6. The number of hydrogen-bond donors (Lipinski definition) is 1. The van der Waals surface area contributed by atoms with Gasteiger partial charge >= 0.3 is 0 Å². The van der Waals surface area contributed by atoms with Crippen LogP contribution in [-0.2, 0) is 6.54 Å². The maximum Gasteiger partial charge on any atom is 0.193 e. The molecule has 1 aromatic rings. The fourth-order valence-corrected chi connectivity index (χ4v) is 3.70. The molecule has 1 saturated heterocycles. The van der Waals surface area contributed by atoms with Crippen molar-refractivity contribution in [1.82, 2.24) is 20.0 Å². The first-order valence-corrected chi connectivity index (χ1v) is 7.74. The van der Waals surface area contributed by atoms with Crippen LogP contribution in [0.3, 0.4) is 0 Å². The Hall–Kier alpha value is -0.790. The lowest BCUT2D eigenvalue weighted by atomic mass is 9.86. The van der Waals surface area contributed by atoms with Crippen LogP contribution in [-0.4, -0.2) is 47.3 Å². The number of rotatable bonds is 3. The minimum atomic E-state index is 0. The number of nitrogens with one attached hydrogen (secondary N) is 1. The van der Waals surface area contributed by atoms with Gasteiger partial charge in [0.15, 0.2) is 5.96 Å². The summed E-state index contributed by atoms with van der Waals surface area (Å²) >= 11 is 0. The van der Waals surface area contributed by atoms with Gasteiger partial charge in [0.25, 0.3) is 0 Å². The largest absolute Gasteiger partial charge is 0.354 e. The molecule has 1 aliphatic carbocycles. The second-order valence-electron chi connectivity index (χ2n) is 6.12. The van der Waals surface area contributed by atoms with Gasteiger partial charge in [-0.05, 0) is 30.7 Å². The molecule has 5 nitrogen and oxygen atoms in total. The second kappa shape index (κ2) is 7.47. The summed E-state index contributed by atoms with van der Waals surface area (Å²) in [6.45, 7) is 4.10. The minimum Gasteiger partial charge on any atom is -0.354 e.